The van der Waals surface area contributed by atoms with Gasteiger partial charge in [0.1, 0.15) is 11.6 Å². The maximum Gasteiger partial charge on any atom is 0.254 e. The first kappa shape index (κ1) is 18.3. The van der Waals surface area contributed by atoms with Crippen molar-refractivity contribution in [2.45, 2.75) is 17.7 Å². The number of carbonyl (C=O) groups excluding carboxylic acids is 1. The van der Waals surface area contributed by atoms with Crippen LogP contribution < -0.4 is 15.2 Å². The molecule has 1 atom stereocenters. The summed E-state index contributed by atoms with van der Waals surface area (Å²) in [4.78, 5) is 12.0. The van der Waals surface area contributed by atoms with Crippen molar-refractivity contribution in [2.24, 2.45) is 11.1 Å². The molecule has 1 heterocycles. The number of rotatable bonds is 4. The molecule has 1 unspecified atom stereocenters. The Kier molecular flexibility index (Phi) is 5.24. The van der Waals surface area contributed by atoms with Crippen LogP contribution in [0.2, 0.25) is 0 Å². The van der Waals surface area contributed by atoms with E-state index in [4.69, 9.17) is 9.88 Å². The molecule has 0 radical (unpaired) electrons. The Morgan fingerprint density at radius 1 is 1.27 bits per heavy atom. The average Bonchev–Trinajstić information content (AvgIpc) is 2.81. The van der Waals surface area contributed by atoms with Gasteiger partial charge in [0.2, 0.25) is 10.0 Å². The Morgan fingerprint density at radius 2 is 2.04 bits per heavy atom. The zero-order chi connectivity index (χ0) is 18.7. The SMILES string of the molecule is NS(=O)(=O)c1ccc(F)c(C(=O)NCC2CCOc3ccccc3C2)c1. The Labute approximate surface area is 151 Å². The number of carbonyl (C=O) groups is 1. The third-order valence-electron chi connectivity index (χ3n) is 4.33. The van der Waals surface area contributed by atoms with Gasteiger partial charge in [-0.25, -0.2) is 17.9 Å². The summed E-state index contributed by atoms with van der Waals surface area (Å²) in [5.74, 6) is -0.504. The summed E-state index contributed by atoms with van der Waals surface area (Å²) in [6.07, 6.45) is 1.48. The summed E-state index contributed by atoms with van der Waals surface area (Å²) in [6, 6.07) is 10.6. The highest BCUT2D eigenvalue weighted by Gasteiger charge is 2.20. The molecule has 0 aromatic heterocycles. The van der Waals surface area contributed by atoms with Crippen LogP contribution in [0.15, 0.2) is 47.4 Å². The maximum atomic E-state index is 13.9. The quantitative estimate of drug-likeness (QED) is 0.848. The first-order valence-electron chi connectivity index (χ1n) is 8.16. The Morgan fingerprint density at radius 3 is 2.81 bits per heavy atom. The number of hydrogen-bond acceptors (Lipinski definition) is 4. The van der Waals surface area contributed by atoms with Crippen LogP contribution in [0.25, 0.3) is 0 Å². The zero-order valence-corrected chi connectivity index (χ0v) is 14.8. The predicted octanol–water partition coefficient (Wildman–Crippen LogP) is 1.84. The number of fused-ring (bicyclic) bond motifs is 1. The van der Waals surface area contributed by atoms with Gasteiger partial charge in [0.15, 0.2) is 0 Å². The Hall–Kier alpha value is -2.45. The molecule has 3 N–H and O–H groups in total. The second-order valence-corrected chi connectivity index (χ2v) is 7.77. The number of benzene rings is 2. The van der Waals surface area contributed by atoms with Crippen LogP contribution in [-0.2, 0) is 16.4 Å². The molecule has 1 amide bonds. The van der Waals surface area contributed by atoms with Gasteiger partial charge in [0.05, 0.1) is 17.1 Å². The molecule has 2 aromatic rings. The molecule has 6 nitrogen and oxygen atoms in total. The lowest BCUT2D eigenvalue weighted by Crippen LogP contribution is -2.31. The highest BCUT2D eigenvalue weighted by molar-refractivity contribution is 7.89. The molecule has 3 rings (SSSR count). The van der Waals surface area contributed by atoms with E-state index in [1.54, 1.807) is 0 Å². The third kappa shape index (κ3) is 4.20. The summed E-state index contributed by atoms with van der Waals surface area (Å²) >= 11 is 0. The fraction of sp³-hybridized carbons (Fsp3) is 0.278. The second-order valence-electron chi connectivity index (χ2n) is 6.21. The van der Waals surface area contributed by atoms with E-state index in [9.17, 15) is 17.6 Å². The summed E-state index contributed by atoms with van der Waals surface area (Å²) in [5, 5.41) is 7.71. The summed E-state index contributed by atoms with van der Waals surface area (Å²) in [6.45, 7) is 0.863. The first-order chi connectivity index (χ1) is 12.3. The smallest absolute Gasteiger partial charge is 0.254 e. The number of nitrogens with one attached hydrogen (secondary N) is 1. The van der Waals surface area contributed by atoms with Crippen LogP contribution in [0, 0.1) is 11.7 Å². The Balaban J connectivity index is 1.70. The van der Waals surface area contributed by atoms with Crippen LogP contribution in [0.5, 0.6) is 5.75 Å². The van der Waals surface area contributed by atoms with E-state index in [-0.39, 0.29) is 16.4 Å². The second kappa shape index (κ2) is 7.43. The number of ether oxygens (including phenoxy) is 1. The van der Waals surface area contributed by atoms with Crippen molar-refractivity contribution >= 4 is 15.9 Å². The lowest BCUT2D eigenvalue weighted by Gasteiger charge is -2.15. The lowest BCUT2D eigenvalue weighted by molar-refractivity contribution is 0.0941. The van der Waals surface area contributed by atoms with E-state index in [0.29, 0.717) is 13.2 Å². The van der Waals surface area contributed by atoms with Gasteiger partial charge in [-0.1, -0.05) is 18.2 Å². The maximum absolute atomic E-state index is 13.9. The van der Waals surface area contributed by atoms with Crippen molar-refractivity contribution in [1.82, 2.24) is 5.32 Å². The molecule has 2 aromatic carbocycles. The molecule has 1 aliphatic rings. The zero-order valence-electron chi connectivity index (χ0n) is 13.9. The molecule has 8 heteroatoms. The number of sulfonamides is 1. The Bertz CT molecular complexity index is 931. The molecule has 1 aliphatic heterocycles. The number of hydrogen-bond donors (Lipinski definition) is 2. The summed E-state index contributed by atoms with van der Waals surface area (Å²) < 4.78 is 42.4. The summed E-state index contributed by atoms with van der Waals surface area (Å²) in [7, 11) is -4.01. The molecule has 0 bridgehead atoms. The molecular weight excluding hydrogens is 359 g/mol. The largest absolute Gasteiger partial charge is 0.493 e. The average molecular weight is 378 g/mol. The molecule has 0 saturated heterocycles. The molecule has 0 fully saturated rings. The number of primary sulfonamides is 1. The summed E-state index contributed by atoms with van der Waals surface area (Å²) in [5.41, 5.74) is 0.716. The minimum Gasteiger partial charge on any atom is -0.493 e. The van der Waals surface area contributed by atoms with Gasteiger partial charge >= 0.3 is 0 Å². The van der Waals surface area contributed by atoms with E-state index in [2.05, 4.69) is 5.32 Å². The molecule has 26 heavy (non-hydrogen) atoms. The minimum absolute atomic E-state index is 0.132. The fourth-order valence-corrected chi connectivity index (χ4v) is 3.46. The van der Waals surface area contributed by atoms with Crippen molar-refractivity contribution in [1.29, 1.82) is 0 Å². The van der Waals surface area contributed by atoms with Gasteiger partial charge in [-0.05, 0) is 48.6 Å². The first-order valence-corrected chi connectivity index (χ1v) is 9.70. The van der Waals surface area contributed by atoms with E-state index >= 15 is 0 Å². The highest BCUT2D eigenvalue weighted by Crippen LogP contribution is 2.26. The third-order valence-corrected chi connectivity index (χ3v) is 5.24. The number of nitrogens with two attached hydrogens (primary N) is 1. The fourth-order valence-electron chi connectivity index (χ4n) is 2.92. The number of halogens is 1. The van der Waals surface area contributed by atoms with Crippen LogP contribution in [-0.4, -0.2) is 27.5 Å². The van der Waals surface area contributed by atoms with Crippen LogP contribution >= 0.6 is 0 Å². The van der Waals surface area contributed by atoms with E-state index in [1.165, 1.54) is 0 Å². The standard InChI is InChI=1S/C18H19FN2O4S/c19-16-6-5-14(26(20,23)24)10-15(16)18(22)21-11-12-7-8-25-17-4-2-1-3-13(17)9-12/h1-6,10,12H,7-9,11H2,(H,21,22)(H2,20,23,24). The van der Waals surface area contributed by atoms with Crippen molar-refractivity contribution < 1.29 is 22.3 Å². The number of amides is 1. The van der Waals surface area contributed by atoms with Crippen LogP contribution in [0.4, 0.5) is 4.39 Å². The van der Waals surface area contributed by atoms with Crippen molar-refractivity contribution in [3.05, 3.63) is 59.4 Å². The van der Waals surface area contributed by atoms with Gasteiger partial charge in [-0.2, -0.15) is 0 Å². The molecular formula is C18H19FN2O4S. The van der Waals surface area contributed by atoms with Gasteiger partial charge in [0.25, 0.3) is 5.91 Å². The molecule has 0 aliphatic carbocycles. The lowest BCUT2D eigenvalue weighted by atomic mass is 9.97. The van der Waals surface area contributed by atoms with Crippen LogP contribution in [0.1, 0.15) is 22.3 Å². The van der Waals surface area contributed by atoms with Crippen molar-refractivity contribution in [3.8, 4) is 5.75 Å². The van der Waals surface area contributed by atoms with Crippen molar-refractivity contribution in [3.63, 3.8) is 0 Å². The minimum atomic E-state index is -4.01. The molecule has 0 saturated carbocycles. The number of para-hydroxylation sites is 1. The topological polar surface area (TPSA) is 98.5 Å². The highest BCUT2D eigenvalue weighted by atomic mass is 32.2. The van der Waals surface area contributed by atoms with E-state index in [0.717, 1.165) is 42.4 Å². The normalized spacial score (nSPS) is 16.9. The van der Waals surface area contributed by atoms with Gasteiger partial charge in [0, 0.05) is 6.54 Å². The van der Waals surface area contributed by atoms with Crippen LogP contribution in [0.3, 0.4) is 0 Å². The van der Waals surface area contributed by atoms with Gasteiger partial charge < -0.3 is 10.1 Å². The molecule has 0 spiro atoms. The van der Waals surface area contributed by atoms with E-state index in [1.807, 2.05) is 24.3 Å². The van der Waals surface area contributed by atoms with E-state index < -0.39 is 21.7 Å². The van der Waals surface area contributed by atoms with Gasteiger partial charge in [-0.3, -0.25) is 4.79 Å². The molecule has 138 valence electrons. The monoisotopic (exact) mass is 378 g/mol. The van der Waals surface area contributed by atoms with Crippen molar-refractivity contribution in [2.75, 3.05) is 13.2 Å². The predicted molar refractivity (Wildman–Crippen MR) is 93.9 cm³/mol. The van der Waals surface area contributed by atoms with Gasteiger partial charge in [-0.15, -0.1) is 0 Å².